The van der Waals surface area contributed by atoms with Gasteiger partial charge in [-0.25, -0.2) is 0 Å². The van der Waals surface area contributed by atoms with Crippen molar-refractivity contribution < 1.29 is 38.9 Å². The van der Waals surface area contributed by atoms with E-state index in [0.29, 0.717) is 42.6 Å². The monoisotopic (exact) mass is 1050 g/mol. The number of rotatable bonds is 21. The Balaban J connectivity index is 0.000000286. The lowest BCUT2D eigenvalue weighted by Crippen LogP contribution is -2.41. The van der Waals surface area contributed by atoms with Gasteiger partial charge in [0.2, 0.25) is 0 Å². The van der Waals surface area contributed by atoms with Crippen LogP contribution in [0, 0.1) is 27.7 Å². The van der Waals surface area contributed by atoms with Crippen LogP contribution in [0.3, 0.4) is 0 Å². The van der Waals surface area contributed by atoms with Crippen LogP contribution in [0.15, 0.2) is 97.1 Å². The van der Waals surface area contributed by atoms with E-state index in [4.69, 9.17) is 18.8 Å². The van der Waals surface area contributed by atoms with Gasteiger partial charge in [0.1, 0.15) is 0 Å². The Labute approximate surface area is 464 Å². The second-order valence-corrected chi connectivity index (χ2v) is 22.6. The van der Waals surface area contributed by atoms with Gasteiger partial charge < -0.3 is 34.1 Å². The first-order chi connectivity index (χ1) is 36.3. The van der Waals surface area contributed by atoms with Crippen LogP contribution in [0.4, 0.5) is 0 Å². The minimum atomic E-state index is -0.780. The lowest BCUT2D eigenvalue weighted by molar-refractivity contribution is -0.139. The van der Waals surface area contributed by atoms with Gasteiger partial charge in [0, 0.05) is 16.4 Å². The summed E-state index contributed by atoms with van der Waals surface area (Å²) in [6.07, 6.45) is 14.8. The molecule has 1 aliphatic rings. The van der Waals surface area contributed by atoms with Gasteiger partial charge in [-0.15, -0.1) is 0 Å². The zero-order valence-electron chi connectivity index (χ0n) is 50.2. The molecule has 3 N–H and O–H groups in total. The quantitative estimate of drug-likeness (QED) is 0.0492. The van der Waals surface area contributed by atoms with Crippen LogP contribution in [0.1, 0.15) is 196 Å². The first-order valence-electron chi connectivity index (χ1n) is 28.4. The third-order valence-electron chi connectivity index (χ3n) is 18.0. The molecule has 1 saturated heterocycles. The highest BCUT2D eigenvalue weighted by molar-refractivity contribution is 6.62. The van der Waals surface area contributed by atoms with E-state index in [0.717, 1.165) is 53.4 Å². The van der Waals surface area contributed by atoms with Crippen molar-refractivity contribution in [3.63, 3.8) is 0 Å². The molecule has 5 aromatic carbocycles. The predicted octanol–water partition coefficient (Wildman–Crippen LogP) is 15.3. The smallest absolute Gasteiger partial charge is 0.495 e. The average molecular weight is 1050 g/mol. The van der Waals surface area contributed by atoms with Crippen molar-refractivity contribution >= 4 is 30.7 Å². The molecule has 0 spiro atoms. The van der Waals surface area contributed by atoms with Gasteiger partial charge >= 0.3 is 13.1 Å². The Hall–Kier alpha value is -5.45. The predicted molar refractivity (Wildman–Crippen MR) is 322 cm³/mol. The number of methoxy groups -OCH3 is 2. The molecule has 416 valence electrons. The van der Waals surface area contributed by atoms with Gasteiger partial charge in [0.15, 0.2) is 11.5 Å². The van der Waals surface area contributed by atoms with Crippen molar-refractivity contribution in [2.24, 2.45) is 0 Å². The second kappa shape index (κ2) is 25.6. The van der Waals surface area contributed by atoms with Gasteiger partial charge in [0.05, 0.1) is 43.0 Å². The summed E-state index contributed by atoms with van der Waals surface area (Å²) in [5.41, 5.74) is 12.9. The van der Waals surface area contributed by atoms with E-state index in [2.05, 4.69) is 162 Å². The lowest BCUT2D eigenvalue weighted by Gasteiger charge is -2.34. The Morgan fingerprint density at radius 1 is 0.545 bits per heavy atom. The zero-order chi connectivity index (χ0) is 57.3. The van der Waals surface area contributed by atoms with Gasteiger partial charge in [-0.2, -0.15) is 0 Å². The number of phenolic OH excluding ortho intramolecular Hbond substituents is 1. The molecule has 77 heavy (non-hydrogen) atoms. The minimum absolute atomic E-state index is 0.0477. The number of phenols is 1. The van der Waals surface area contributed by atoms with Crippen molar-refractivity contribution in [3.8, 4) is 22.6 Å². The Kier molecular flexibility index (Phi) is 20.7. The van der Waals surface area contributed by atoms with Crippen LogP contribution < -0.4 is 10.2 Å². The molecule has 5 aromatic rings. The molecular weight excluding hydrogens is 956 g/mol. The number of aromatic hydroxyl groups is 1. The summed E-state index contributed by atoms with van der Waals surface area (Å²) in [5.74, 6) is 0.0171. The maximum absolute atomic E-state index is 11.9. The first-order valence-corrected chi connectivity index (χ1v) is 28.4. The fraction of sp³-hybridized carbons (Fsp3) is 0.485. The molecule has 0 bridgehead atoms. The summed E-state index contributed by atoms with van der Waals surface area (Å²) in [6, 6.07) is 30.2. The Bertz CT molecular complexity index is 2860. The van der Waals surface area contributed by atoms with Crippen LogP contribution in [0.2, 0.25) is 0 Å². The minimum Gasteiger partial charge on any atom is -0.504 e. The highest BCUT2D eigenvalue weighted by Gasteiger charge is 2.52. The van der Waals surface area contributed by atoms with Crippen LogP contribution >= 0.6 is 0 Å². The molecular formula is C68H93BO8. The summed E-state index contributed by atoms with van der Waals surface area (Å²) in [7, 11) is 2.52. The molecule has 8 nitrogen and oxygen atoms in total. The van der Waals surface area contributed by atoms with E-state index in [1.54, 1.807) is 6.07 Å². The number of hydrogen-bond donors (Lipinski definition) is 3. The number of carbonyl (C=O) groups excluding carboxylic acids is 1. The van der Waals surface area contributed by atoms with Crippen LogP contribution in [-0.2, 0) is 36.1 Å². The van der Waals surface area contributed by atoms with E-state index in [-0.39, 0.29) is 47.3 Å². The molecule has 0 unspecified atom stereocenters. The summed E-state index contributed by atoms with van der Waals surface area (Å²) >= 11 is 0. The Morgan fingerprint density at radius 3 is 1.31 bits per heavy atom. The summed E-state index contributed by atoms with van der Waals surface area (Å²) in [5, 5.41) is 32.4. The van der Waals surface area contributed by atoms with E-state index < -0.39 is 11.2 Å². The molecule has 6 rings (SSSR count). The van der Waals surface area contributed by atoms with Gasteiger partial charge in [-0.3, -0.25) is 4.79 Å². The topological polar surface area (TPSA) is 115 Å². The summed E-state index contributed by atoms with van der Waals surface area (Å²) in [6.45, 7) is 34.0. The van der Waals surface area contributed by atoms with Crippen molar-refractivity contribution in [1.29, 1.82) is 0 Å². The van der Waals surface area contributed by atoms with Crippen molar-refractivity contribution in [1.82, 2.24) is 0 Å². The lowest BCUT2D eigenvalue weighted by atomic mass is 9.68. The SMILES string of the molecule is CCC(O)(/C=C/c1ccc(C(CC)(CC)c2ccc(-c3cc(CC(=O)OC)cc(OC)c3O)c(C)c2)cc1C)CC.CCC(O)(/C=C/c1ccc(C(CC)(CC)c2ccc(B3OC(C)(C)C(C)(C)O3)c(C)c2)cc1C)CC. The first kappa shape index (κ1) is 62.4. The fourth-order valence-corrected chi connectivity index (χ4v) is 11.1. The zero-order valence-corrected chi connectivity index (χ0v) is 50.2. The molecule has 9 heteroatoms. The molecule has 0 amide bonds. The van der Waals surface area contributed by atoms with Crippen molar-refractivity contribution in [2.75, 3.05) is 14.2 Å². The molecule has 1 fully saturated rings. The number of benzene rings is 5. The van der Waals surface area contributed by atoms with Crippen molar-refractivity contribution in [3.05, 3.63) is 158 Å². The third kappa shape index (κ3) is 13.4. The van der Waals surface area contributed by atoms with Crippen molar-refractivity contribution in [2.45, 2.75) is 202 Å². The number of aliphatic hydroxyl groups is 2. The van der Waals surface area contributed by atoms with E-state index in [9.17, 15) is 20.1 Å². The van der Waals surface area contributed by atoms with Crippen LogP contribution in [-0.4, -0.2) is 65.0 Å². The highest BCUT2D eigenvalue weighted by Crippen LogP contribution is 2.45. The second-order valence-electron chi connectivity index (χ2n) is 22.6. The summed E-state index contributed by atoms with van der Waals surface area (Å²) in [4.78, 5) is 11.9. The molecule has 0 aromatic heterocycles. The maximum Gasteiger partial charge on any atom is 0.495 e. The Morgan fingerprint density at radius 2 is 0.948 bits per heavy atom. The number of ether oxygens (including phenoxy) is 2. The molecule has 1 heterocycles. The third-order valence-corrected chi connectivity index (χ3v) is 18.0. The van der Waals surface area contributed by atoms with E-state index in [1.165, 1.54) is 53.2 Å². The molecule has 0 atom stereocenters. The van der Waals surface area contributed by atoms with Gasteiger partial charge in [-0.05, 0) is 186 Å². The number of hydrogen-bond acceptors (Lipinski definition) is 8. The van der Waals surface area contributed by atoms with Crippen LogP contribution in [0.25, 0.3) is 23.3 Å². The number of carbonyl (C=O) groups is 1. The average Bonchev–Trinajstić information content (AvgIpc) is 3.64. The molecule has 0 aliphatic carbocycles. The largest absolute Gasteiger partial charge is 0.504 e. The summed E-state index contributed by atoms with van der Waals surface area (Å²) < 4.78 is 22.9. The fourth-order valence-electron chi connectivity index (χ4n) is 11.1. The number of esters is 1. The standard InChI is InChI=1S/C36H46O5.C32H47BO3/c1-9-35(39,10-2)18-17-27-13-14-28(19-24(27)5)36(11-3,12-4)29-15-16-30(25(6)20-29)31-21-26(23-33(37)41-8)22-32(40-7)34(31)38;1-11-31(34,12-2)20-19-25-15-16-26(21-23(25)5)32(13-3,14-4)27-17-18-28(24(6)22-27)33-35-29(7,8)30(9,10)36-33/h13-22,38-39H,9-12,23H2,1-8H3;15-22,34H,11-14H2,1-10H3/b18-17+;20-19+. The molecule has 1 aliphatic heterocycles. The molecule has 0 saturated carbocycles. The highest BCUT2D eigenvalue weighted by atomic mass is 16.7. The normalized spacial score (nSPS) is 14.8. The molecule has 0 radical (unpaired) electrons. The van der Waals surface area contributed by atoms with Gasteiger partial charge in [-0.1, -0.05) is 158 Å². The maximum atomic E-state index is 11.9. The van der Waals surface area contributed by atoms with Crippen LogP contribution in [0.5, 0.6) is 11.5 Å². The van der Waals surface area contributed by atoms with Gasteiger partial charge in [0.25, 0.3) is 0 Å². The van der Waals surface area contributed by atoms with E-state index >= 15 is 0 Å². The van der Waals surface area contributed by atoms with E-state index in [1.807, 2.05) is 52.0 Å². The number of aryl methyl sites for hydroxylation is 4.